The molecule has 0 aliphatic rings. The summed E-state index contributed by atoms with van der Waals surface area (Å²) in [6, 6.07) is 0. The summed E-state index contributed by atoms with van der Waals surface area (Å²) >= 11 is 11.8. The molecule has 0 radical (unpaired) electrons. The standard InChI is InChI=1S/C10H9Cl2N3O2/c1-5-6(2-3-11)8(12)15-9(14-5)7(4-13-15)10(16)17/h4H,2-3H2,1H3,(H,16,17). The minimum atomic E-state index is -1.08. The summed E-state index contributed by atoms with van der Waals surface area (Å²) in [5.74, 6) is -0.658. The molecular formula is C10H9Cl2N3O2. The Bertz CT molecular complexity index is 595. The normalized spacial score (nSPS) is 11.0. The number of hydrogen-bond acceptors (Lipinski definition) is 3. The summed E-state index contributed by atoms with van der Waals surface area (Å²) in [5.41, 5.74) is 1.74. The van der Waals surface area contributed by atoms with Crippen molar-refractivity contribution in [3.63, 3.8) is 0 Å². The van der Waals surface area contributed by atoms with E-state index in [0.717, 1.165) is 5.56 Å². The van der Waals surface area contributed by atoms with Crippen LogP contribution >= 0.6 is 23.2 Å². The van der Waals surface area contributed by atoms with Crippen LogP contribution in [0, 0.1) is 6.92 Å². The van der Waals surface area contributed by atoms with Crippen molar-refractivity contribution in [2.45, 2.75) is 13.3 Å². The Kier molecular flexibility index (Phi) is 3.22. The number of carbonyl (C=O) groups is 1. The predicted molar refractivity (Wildman–Crippen MR) is 64.1 cm³/mol. The molecule has 0 bridgehead atoms. The van der Waals surface area contributed by atoms with Crippen molar-refractivity contribution < 1.29 is 9.90 Å². The maximum Gasteiger partial charge on any atom is 0.341 e. The van der Waals surface area contributed by atoms with Crippen LogP contribution in [0.15, 0.2) is 6.20 Å². The fourth-order valence-corrected chi connectivity index (χ4v) is 2.17. The molecule has 5 nitrogen and oxygen atoms in total. The van der Waals surface area contributed by atoms with Gasteiger partial charge >= 0.3 is 5.97 Å². The third-order valence-electron chi connectivity index (χ3n) is 2.46. The second-order valence-electron chi connectivity index (χ2n) is 3.50. The molecule has 0 aromatic carbocycles. The molecule has 1 N–H and O–H groups in total. The molecule has 2 rings (SSSR count). The fraction of sp³-hybridized carbons (Fsp3) is 0.300. The van der Waals surface area contributed by atoms with Crippen molar-refractivity contribution in [2.24, 2.45) is 0 Å². The Morgan fingerprint density at radius 2 is 2.29 bits per heavy atom. The van der Waals surface area contributed by atoms with E-state index in [0.29, 0.717) is 23.1 Å². The summed E-state index contributed by atoms with van der Waals surface area (Å²) in [6.45, 7) is 1.77. The molecule has 0 atom stereocenters. The molecule has 0 amide bonds. The van der Waals surface area contributed by atoms with Crippen LogP contribution in [0.25, 0.3) is 5.65 Å². The highest BCUT2D eigenvalue weighted by molar-refractivity contribution is 6.30. The van der Waals surface area contributed by atoms with E-state index in [4.69, 9.17) is 28.3 Å². The number of aryl methyl sites for hydroxylation is 1. The van der Waals surface area contributed by atoms with Crippen LogP contribution in [0.2, 0.25) is 5.15 Å². The van der Waals surface area contributed by atoms with Gasteiger partial charge in [0.05, 0.1) is 6.20 Å². The number of halogens is 2. The zero-order valence-electron chi connectivity index (χ0n) is 8.94. The van der Waals surface area contributed by atoms with Crippen LogP contribution in [0.5, 0.6) is 0 Å². The molecule has 0 spiro atoms. The summed E-state index contributed by atoms with van der Waals surface area (Å²) < 4.78 is 1.32. The maximum atomic E-state index is 11.0. The van der Waals surface area contributed by atoms with Gasteiger partial charge in [-0.25, -0.2) is 14.3 Å². The minimum Gasteiger partial charge on any atom is -0.477 e. The Balaban J connectivity index is 2.74. The highest BCUT2D eigenvalue weighted by Gasteiger charge is 2.18. The molecule has 0 fully saturated rings. The predicted octanol–water partition coefficient (Wildman–Crippen LogP) is 2.17. The molecule has 0 aliphatic heterocycles. The van der Waals surface area contributed by atoms with Gasteiger partial charge in [0.2, 0.25) is 0 Å². The molecule has 2 aromatic heterocycles. The first-order chi connectivity index (χ1) is 8.06. The van der Waals surface area contributed by atoms with Crippen molar-refractivity contribution in [1.82, 2.24) is 14.6 Å². The molecule has 0 aliphatic carbocycles. The number of fused-ring (bicyclic) bond motifs is 1. The van der Waals surface area contributed by atoms with Crippen LogP contribution < -0.4 is 0 Å². The number of rotatable bonds is 3. The zero-order chi connectivity index (χ0) is 12.6. The molecule has 0 unspecified atom stereocenters. The van der Waals surface area contributed by atoms with Crippen LogP contribution in [0.1, 0.15) is 21.6 Å². The van der Waals surface area contributed by atoms with Crippen LogP contribution in [0.3, 0.4) is 0 Å². The SMILES string of the molecule is Cc1nc2c(C(=O)O)cnn2c(Cl)c1CCCl. The van der Waals surface area contributed by atoms with Crippen molar-refractivity contribution in [3.05, 3.63) is 28.2 Å². The highest BCUT2D eigenvalue weighted by atomic mass is 35.5. The Morgan fingerprint density at radius 1 is 1.59 bits per heavy atom. The summed E-state index contributed by atoms with van der Waals surface area (Å²) in [7, 11) is 0. The monoisotopic (exact) mass is 273 g/mol. The summed E-state index contributed by atoms with van der Waals surface area (Å²) in [5, 5.41) is 13.3. The third kappa shape index (κ3) is 1.96. The molecule has 0 saturated carbocycles. The smallest absolute Gasteiger partial charge is 0.341 e. The van der Waals surface area contributed by atoms with Gasteiger partial charge in [-0.15, -0.1) is 11.6 Å². The second kappa shape index (κ2) is 4.50. The average Bonchev–Trinajstić information content (AvgIpc) is 2.68. The van der Waals surface area contributed by atoms with E-state index < -0.39 is 5.97 Å². The molecule has 90 valence electrons. The van der Waals surface area contributed by atoms with Crippen LogP contribution in [-0.2, 0) is 6.42 Å². The fourth-order valence-electron chi connectivity index (χ4n) is 1.63. The molecule has 7 heteroatoms. The third-order valence-corrected chi connectivity index (χ3v) is 3.04. The number of alkyl halides is 1. The summed E-state index contributed by atoms with van der Waals surface area (Å²) in [6.07, 6.45) is 1.80. The molecular weight excluding hydrogens is 265 g/mol. The van der Waals surface area contributed by atoms with E-state index in [1.54, 1.807) is 6.92 Å². The first-order valence-electron chi connectivity index (χ1n) is 4.88. The topological polar surface area (TPSA) is 67.5 Å². The van der Waals surface area contributed by atoms with E-state index in [1.165, 1.54) is 10.7 Å². The van der Waals surface area contributed by atoms with Gasteiger partial charge in [0.15, 0.2) is 5.65 Å². The first kappa shape index (κ1) is 12.1. The Morgan fingerprint density at radius 3 is 2.88 bits per heavy atom. The van der Waals surface area contributed by atoms with E-state index in [9.17, 15) is 4.79 Å². The number of aromatic nitrogens is 3. The van der Waals surface area contributed by atoms with Gasteiger partial charge in [-0.3, -0.25) is 0 Å². The van der Waals surface area contributed by atoms with Crippen molar-refractivity contribution in [1.29, 1.82) is 0 Å². The quantitative estimate of drug-likeness (QED) is 0.688. The van der Waals surface area contributed by atoms with Gasteiger partial charge in [0, 0.05) is 17.1 Å². The lowest BCUT2D eigenvalue weighted by molar-refractivity contribution is 0.0699. The van der Waals surface area contributed by atoms with Crippen molar-refractivity contribution in [3.8, 4) is 0 Å². The number of nitrogens with zero attached hydrogens (tertiary/aromatic N) is 3. The lowest BCUT2D eigenvalue weighted by atomic mass is 10.2. The summed E-state index contributed by atoms with van der Waals surface area (Å²) in [4.78, 5) is 15.2. The van der Waals surface area contributed by atoms with E-state index in [2.05, 4.69) is 10.1 Å². The second-order valence-corrected chi connectivity index (χ2v) is 4.24. The van der Waals surface area contributed by atoms with Crippen LogP contribution in [0.4, 0.5) is 0 Å². The van der Waals surface area contributed by atoms with Gasteiger partial charge in [-0.1, -0.05) is 11.6 Å². The number of hydrogen-bond donors (Lipinski definition) is 1. The molecule has 2 aromatic rings. The Hall–Kier alpha value is -1.33. The molecule has 0 saturated heterocycles. The van der Waals surface area contributed by atoms with Gasteiger partial charge in [0.1, 0.15) is 10.7 Å². The zero-order valence-corrected chi connectivity index (χ0v) is 10.5. The Labute approximate surface area is 107 Å². The highest BCUT2D eigenvalue weighted by Crippen LogP contribution is 2.22. The number of aromatic carboxylic acids is 1. The molecule has 2 heterocycles. The van der Waals surface area contributed by atoms with Crippen molar-refractivity contribution >= 4 is 34.8 Å². The van der Waals surface area contributed by atoms with Gasteiger partial charge in [-0.05, 0) is 13.3 Å². The first-order valence-corrected chi connectivity index (χ1v) is 5.79. The van der Waals surface area contributed by atoms with Gasteiger partial charge in [0.25, 0.3) is 0 Å². The van der Waals surface area contributed by atoms with Gasteiger partial charge < -0.3 is 5.11 Å². The average molecular weight is 274 g/mol. The van der Waals surface area contributed by atoms with E-state index in [1.807, 2.05) is 0 Å². The lowest BCUT2D eigenvalue weighted by Crippen LogP contribution is -2.05. The van der Waals surface area contributed by atoms with Crippen molar-refractivity contribution in [2.75, 3.05) is 5.88 Å². The van der Waals surface area contributed by atoms with E-state index in [-0.39, 0.29) is 11.2 Å². The number of carboxylic acid groups (broad SMARTS) is 1. The number of carboxylic acids is 1. The van der Waals surface area contributed by atoms with Crippen LogP contribution in [-0.4, -0.2) is 31.6 Å². The minimum absolute atomic E-state index is 0.0347. The largest absolute Gasteiger partial charge is 0.477 e. The van der Waals surface area contributed by atoms with E-state index >= 15 is 0 Å². The maximum absolute atomic E-state index is 11.0. The molecule has 17 heavy (non-hydrogen) atoms. The van der Waals surface area contributed by atoms with Gasteiger partial charge in [-0.2, -0.15) is 5.10 Å². The lowest BCUT2D eigenvalue weighted by Gasteiger charge is -2.07.